The van der Waals surface area contributed by atoms with E-state index in [1.54, 1.807) is 11.6 Å². The van der Waals surface area contributed by atoms with E-state index in [0.29, 0.717) is 11.3 Å². The van der Waals surface area contributed by atoms with Crippen LogP contribution in [0.2, 0.25) is 0 Å². The maximum absolute atomic E-state index is 11.4. The molecule has 0 unspecified atom stereocenters. The average Bonchev–Trinajstić information content (AvgIpc) is 2.67. The molecule has 0 spiro atoms. The van der Waals surface area contributed by atoms with Crippen LogP contribution in [0.4, 0.5) is 0 Å². The van der Waals surface area contributed by atoms with Gasteiger partial charge >= 0.3 is 5.97 Å². The molecule has 0 aliphatic rings. The summed E-state index contributed by atoms with van der Waals surface area (Å²) in [7, 11) is 0. The molecule has 0 amide bonds. The topological polar surface area (TPSA) is 55.1 Å². The Morgan fingerprint density at radius 1 is 1.32 bits per heavy atom. The quantitative estimate of drug-likeness (QED) is 0.918. The molecular weight excluding hydrogens is 240 g/mol. The van der Waals surface area contributed by atoms with Gasteiger partial charge in [0.2, 0.25) is 0 Å². The summed E-state index contributed by atoms with van der Waals surface area (Å²) in [5, 5.41) is 13.8. The van der Waals surface area contributed by atoms with Crippen molar-refractivity contribution in [3.8, 4) is 5.69 Å². The van der Waals surface area contributed by atoms with Crippen molar-refractivity contribution >= 4 is 5.97 Å². The minimum absolute atomic E-state index is 0.0906. The maximum Gasteiger partial charge on any atom is 0.339 e. The van der Waals surface area contributed by atoms with Crippen LogP contribution < -0.4 is 0 Å². The zero-order valence-electron chi connectivity index (χ0n) is 11.6. The van der Waals surface area contributed by atoms with Crippen molar-refractivity contribution in [1.82, 2.24) is 9.78 Å². The Morgan fingerprint density at radius 2 is 2.00 bits per heavy atom. The number of aromatic nitrogens is 2. The van der Waals surface area contributed by atoms with Gasteiger partial charge in [0.05, 0.1) is 17.1 Å². The third kappa shape index (κ3) is 2.38. The Bertz CT molecular complexity index is 627. The maximum atomic E-state index is 11.4. The van der Waals surface area contributed by atoms with Gasteiger partial charge in [-0.25, -0.2) is 9.48 Å². The molecule has 2 aromatic rings. The molecule has 1 aromatic heterocycles. The Hall–Kier alpha value is -2.10. The highest BCUT2D eigenvalue weighted by atomic mass is 16.4. The Balaban J connectivity index is 2.71. The smallest absolute Gasteiger partial charge is 0.339 e. The van der Waals surface area contributed by atoms with Gasteiger partial charge in [-0.1, -0.05) is 26.0 Å². The lowest BCUT2D eigenvalue weighted by molar-refractivity contribution is 0.0694. The molecule has 0 radical (unpaired) electrons. The van der Waals surface area contributed by atoms with Gasteiger partial charge in [-0.3, -0.25) is 0 Å². The molecule has 1 heterocycles. The molecule has 0 saturated heterocycles. The second-order valence-electron chi connectivity index (χ2n) is 5.06. The molecule has 0 bridgehead atoms. The minimum Gasteiger partial charge on any atom is -0.478 e. The normalized spacial score (nSPS) is 11.0. The van der Waals surface area contributed by atoms with Crippen molar-refractivity contribution in [1.29, 1.82) is 0 Å². The molecule has 0 atom stereocenters. The first-order valence-electron chi connectivity index (χ1n) is 6.31. The van der Waals surface area contributed by atoms with Crippen LogP contribution >= 0.6 is 0 Å². The molecule has 2 rings (SSSR count). The van der Waals surface area contributed by atoms with Gasteiger partial charge in [-0.15, -0.1) is 0 Å². The summed E-state index contributed by atoms with van der Waals surface area (Å²) in [6, 6.07) is 7.90. The molecule has 1 N–H and O–H groups in total. The van der Waals surface area contributed by atoms with Gasteiger partial charge in [-0.2, -0.15) is 5.10 Å². The number of rotatable bonds is 3. The summed E-state index contributed by atoms with van der Waals surface area (Å²) in [6.07, 6.45) is 0. The molecule has 4 heteroatoms. The van der Waals surface area contributed by atoms with Gasteiger partial charge in [-0.05, 0) is 37.5 Å². The molecule has 0 aliphatic carbocycles. The van der Waals surface area contributed by atoms with E-state index in [1.165, 1.54) is 0 Å². The van der Waals surface area contributed by atoms with Crippen molar-refractivity contribution in [3.05, 3.63) is 46.8 Å². The number of carboxylic acids is 1. The van der Waals surface area contributed by atoms with Crippen LogP contribution in [0.5, 0.6) is 0 Å². The molecular formula is C15H18N2O2. The van der Waals surface area contributed by atoms with E-state index in [0.717, 1.165) is 16.9 Å². The van der Waals surface area contributed by atoms with Crippen LogP contribution in [0.3, 0.4) is 0 Å². The number of benzene rings is 1. The van der Waals surface area contributed by atoms with Gasteiger partial charge in [0, 0.05) is 0 Å². The molecule has 4 nitrogen and oxygen atoms in total. The zero-order valence-corrected chi connectivity index (χ0v) is 11.6. The molecule has 19 heavy (non-hydrogen) atoms. The molecule has 0 fully saturated rings. The molecule has 0 saturated carbocycles. The summed E-state index contributed by atoms with van der Waals surface area (Å²) >= 11 is 0. The first-order chi connectivity index (χ1) is 8.91. The number of aryl methyl sites for hydroxylation is 2. The van der Waals surface area contributed by atoms with Crippen molar-refractivity contribution in [3.63, 3.8) is 0 Å². The first-order valence-corrected chi connectivity index (χ1v) is 6.31. The monoisotopic (exact) mass is 258 g/mol. The molecule has 100 valence electrons. The summed E-state index contributed by atoms with van der Waals surface area (Å²) in [6.45, 7) is 7.71. The second-order valence-corrected chi connectivity index (χ2v) is 5.06. The van der Waals surface area contributed by atoms with E-state index in [-0.39, 0.29) is 5.92 Å². The number of hydrogen-bond donors (Lipinski definition) is 1. The standard InChI is InChI=1S/C15H18N2O2/c1-9(2)14-13(15(18)19)11(4)16-17(14)12-7-5-6-10(3)8-12/h5-9H,1-4H3,(H,18,19). The van der Waals surface area contributed by atoms with Gasteiger partial charge in [0.1, 0.15) is 5.56 Å². The Kier molecular flexibility index (Phi) is 3.42. The van der Waals surface area contributed by atoms with Crippen molar-refractivity contribution in [2.75, 3.05) is 0 Å². The summed E-state index contributed by atoms with van der Waals surface area (Å²) in [4.78, 5) is 11.4. The van der Waals surface area contributed by atoms with Gasteiger partial charge < -0.3 is 5.11 Å². The van der Waals surface area contributed by atoms with E-state index in [4.69, 9.17) is 0 Å². The second kappa shape index (κ2) is 4.88. The number of nitrogens with zero attached hydrogens (tertiary/aromatic N) is 2. The van der Waals surface area contributed by atoms with Gasteiger partial charge in [0.25, 0.3) is 0 Å². The first kappa shape index (κ1) is 13.3. The van der Waals surface area contributed by atoms with E-state index in [1.807, 2.05) is 45.0 Å². The highest BCUT2D eigenvalue weighted by Gasteiger charge is 2.23. The third-order valence-electron chi connectivity index (χ3n) is 3.10. The van der Waals surface area contributed by atoms with Crippen LogP contribution in [-0.2, 0) is 0 Å². The SMILES string of the molecule is Cc1cccc(-n2nc(C)c(C(=O)O)c2C(C)C)c1. The fourth-order valence-electron chi connectivity index (χ4n) is 2.30. The number of aromatic carboxylic acids is 1. The summed E-state index contributed by atoms with van der Waals surface area (Å²) in [5.41, 5.74) is 3.64. The lowest BCUT2D eigenvalue weighted by Crippen LogP contribution is -2.08. The Labute approximate surface area is 112 Å². The van der Waals surface area contributed by atoms with Crippen molar-refractivity contribution in [2.24, 2.45) is 0 Å². The predicted octanol–water partition coefficient (Wildman–Crippen LogP) is 3.31. The lowest BCUT2D eigenvalue weighted by atomic mass is 10.0. The number of carboxylic acid groups (broad SMARTS) is 1. The van der Waals surface area contributed by atoms with Crippen LogP contribution in [0.25, 0.3) is 5.69 Å². The fourth-order valence-corrected chi connectivity index (χ4v) is 2.30. The van der Waals surface area contributed by atoms with E-state index < -0.39 is 5.97 Å². The van der Waals surface area contributed by atoms with Crippen LogP contribution in [0.1, 0.15) is 47.1 Å². The Morgan fingerprint density at radius 3 is 2.53 bits per heavy atom. The van der Waals surface area contributed by atoms with E-state index in [9.17, 15) is 9.90 Å². The van der Waals surface area contributed by atoms with Crippen LogP contribution in [0, 0.1) is 13.8 Å². The highest BCUT2D eigenvalue weighted by molar-refractivity contribution is 5.90. The number of hydrogen-bond acceptors (Lipinski definition) is 2. The predicted molar refractivity (Wildman–Crippen MR) is 74.1 cm³/mol. The fraction of sp³-hybridized carbons (Fsp3) is 0.333. The molecule has 0 aliphatic heterocycles. The highest BCUT2D eigenvalue weighted by Crippen LogP contribution is 2.26. The largest absolute Gasteiger partial charge is 0.478 e. The van der Waals surface area contributed by atoms with E-state index in [2.05, 4.69) is 5.10 Å². The average molecular weight is 258 g/mol. The van der Waals surface area contributed by atoms with Crippen molar-refractivity contribution in [2.45, 2.75) is 33.6 Å². The van der Waals surface area contributed by atoms with Crippen LogP contribution in [0.15, 0.2) is 24.3 Å². The lowest BCUT2D eigenvalue weighted by Gasteiger charge is -2.11. The molecule has 1 aromatic carbocycles. The van der Waals surface area contributed by atoms with E-state index >= 15 is 0 Å². The third-order valence-corrected chi connectivity index (χ3v) is 3.10. The summed E-state index contributed by atoms with van der Waals surface area (Å²) < 4.78 is 1.75. The van der Waals surface area contributed by atoms with Crippen LogP contribution in [-0.4, -0.2) is 20.9 Å². The minimum atomic E-state index is -0.917. The summed E-state index contributed by atoms with van der Waals surface area (Å²) in [5.74, 6) is -0.826. The zero-order chi connectivity index (χ0) is 14.2. The van der Waals surface area contributed by atoms with Crippen molar-refractivity contribution < 1.29 is 9.90 Å². The number of carbonyl (C=O) groups is 1. The van der Waals surface area contributed by atoms with Gasteiger partial charge in [0.15, 0.2) is 0 Å².